The van der Waals surface area contributed by atoms with Crippen molar-refractivity contribution in [2.45, 2.75) is 51.3 Å². The van der Waals surface area contributed by atoms with E-state index in [0.29, 0.717) is 27.8 Å². The molecule has 1 aliphatic rings. The summed E-state index contributed by atoms with van der Waals surface area (Å²) in [5, 5.41) is 0. The van der Waals surface area contributed by atoms with Gasteiger partial charge in [-0.2, -0.15) is 0 Å². The first kappa shape index (κ1) is 17.5. The zero-order valence-electron chi connectivity index (χ0n) is 12.9. The molecule has 0 aliphatic heterocycles. The van der Waals surface area contributed by atoms with Gasteiger partial charge >= 0.3 is 128 Å². The molecule has 1 saturated carbocycles. The Labute approximate surface area is 128 Å². The summed E-state index contributed by atoms with van der Waals surface area (Å²) in [4.78, 5) is 23.6. The predicted molar refractivity (Wildman–Crippen MR) is 81.6 cm³/mol. The molecule has 0 aromatic rings. The molecule has 4 heteroatoms. The summed E-state index contributed by atoms with van der Waals surface area (Å²) in [6.45, 7) is 6.83. The summed E-state index contributed by atoms with van der Waals surface area (Å²) >= 11 is 0.0318. The normalized spacial score (nSPS) is 26.9. The third-order valence-electron chi connectivity index (χ3n) is 3.98. The van der Waals surface area contributed by atoms with Crippen LogP contribution in [0, 0.1) is 17.8 Å². The Morgan fingerprint density at radius 3 is 2.65 bits per heavy atom. The first-order chi connectivity index (χ1) is 9.43. The molecular weight excluding hydrogens is 319 g/mol. The second kappa shape index (κ2) is 8.63. The minimum atomic E-state index is -0.392. The molecule has 0 N–H and O–H groups in total. The Kier molecular flexibility index (Phi) is 7.53. The molecule has 3 nitrogen and oxygen atoms in total. The Morgan fingerprint density at radius 1 is 1.35 bits per heavy atom. The van der Waals surface area contributed by atoms with Crippen LogP contribution in [0.15, 0.2) is 12.2 Å². The number of carbonyl (C=O) groups is 2. The Hall–Kier alpha value is -0.601. The molecular formula is C16H26O3Se. The summed E-state index contributed by atoms with van der Waals surface area (Å²) in [6, 6.07) is 0. The fourth-order valence-corrected chi connectivity index (χ4v) is 6.10. The van der Waals surface area contributed by atoms with Gasteiger partial charge in [-0.25, -0.2) is 0 Å². The molecule has 1 fully saturated rings. The first-order valence-corrected chi connectivity index (χ1v) is 9.22. The van der Waals surface area contributed by atoms with Crippen molar-refractivity contribution in [1.29, 1.82) is 0 Å². The maximum absolute atomic E-state index is 12.1. The van der Waals surface area contributed by atoms with Crippen LogP contribution < -0.4 is 0 Å². The van der Waals surface area contributed by atoms with Gasteiger partial charge in [0.15, 0.2) is 0 Å². The van der Waals surface area contributed by atoms with E-state index in [9.17, 15) is 9.59 Å². The van der Waals surface area contributed by atoms with Gasteiger partial charge < -0.3 is 0 Å². The molecule has 0 aromatic heterocycles. The molecule has 20 heavy (non-hydrogen) atoms. The molecule has 3 atom stereocenters. The van der Waals surface area contributed by atoms with Crippen LogP contribution in [-0.2, 0) is 14.3 Å². The van der Waals surface area contributed by atoms with E-state index < -0.39 is 5.97 Å². The van der Waals surface area contributed by atoms with Crippen LogP contribution in [-0.4, -0.2) is 32.7 Å². The second-order valence-corrected chi connectivity index (χ2v) is 8.70. The van der Waals surface area contributed by atoms with Gasteiger partial charge in [0.1, 0.15) is 0 Å². The fourth-order valence-electron chi connectivity index (χ4n) is 2.79. The molecule has 0 heterocycles. The summed E-state index contributed by atoms with van der Waals surface area (Å²) in [5.74, 6) is 1.71. The van der Waals surface area contributed by atoms with E-state index in [1.54, 1.807) is 6.08 Å². The molecule has 0 radical (unpaired) electrons. The topological polar surface area (TPSA) is 43.4 Å². The molecule has 0 spiro atoms. The van der Waals surface area contributed by atoms with Crippen LogP contribution in [0.3, 0.4) is 0 Å². The van der Waals surface area contributed by atoms with Crippen LogP contribution in [0.5, 0.6) is 0 Å². The van der Waals surface area contributed by atoms with Gasteiger partial charge in [-0.1, -0.05) is 0 Å². The van der Waals surface area contributed by atoms with Crippen molar-refractivity contribution < 1.29 is 14.3 Å². The average Bonchev–Trinajstić information content (AvgIpc) is 2.38. The van der Waals surface area contributed by atoms with Crippen LogP contribution in [0.25, 0.3) is 0 Å². The summed E-state index contributed by atoms with van der Waals surface area (Å²) < 4.78 is 4.81. The van der Waals surface area contributed by atoms with Gasteiger partial charge in [0.05, 0.1) is 0 Å². The molecule has 1 rings (SSSR count). The summed E-state index contributed by atoms with van der Waals surface area (Å²) in [6.07, 6.45) is 7.09. The molecule has 0 amide bonds. The van der Waals surface area contributed by atoms with E-state index in [1.165, 1.54) is 32.4 Å². The zero-order valence-corrected chi connectivity index (χ0v) is 14.6. The van der Waals surface area contributed by atoms with E-state index in [-0.39, 0.29) is 15.0 Å². The fraction of sp³-hybridized carbons (Fsp3) is 0.750. The van der Waals surface area contributed by atoms with Crippen molar-refractivity contribution >= 4 is 25.6 Å². The van der Waals surface area contributed by atoms with Crippen LogP contribution in [0.2, 0.25) is 4.82 Å². The van der Waals surface area contributed by atoms with Crippen LogP contribution in [0.4, 0.5) is 0 Å². The predicted octanol–water partition coefficient (Wildman–Crippen LogP) is 3.22. The second-order valence-electron chi connectivity index (χ2n) is 5.98. The van der Waals surface area contributed by atoms with Gasteiger partial charge in [0.2, 0.25) is 0 Å². The molecule has 114 valence electrons. The van der Waals surface area contributed by atoms with Gasteiger partial charge in [0.25, 0.3) is 0 Å². The van der Waals surface area contributed by atoms with Crippen molar-refractivity contribution in [2.24, 2.45) is 17.8 Å². The number of allylic oxidation sites excluding steroid dienone is 1. The molecule has 1 aliphatic carbocycles. The third kappa shape index (κ3) is 5.80. The number of rotatable bonds is 6. The SMILES string of the molecule is COC(=O)/C=C/CC(=O)[Se][C@@H]1C[C@H](C)CC[C@H]1C(C)C. The van der Waals surface area contributed by atoms with Gasteiger partial charge in [0, 0.05) is 0 Å². The number of esters is 1. The van der Waals surface area contributed by atoms with E-state index in [0.717, 1.165) is 5.92 Å². The van der Waals surface area contributed by atoms with Crippen molar-refractivity contribution in [3.63, 3.8) is 0 Å². The summed E-state index contributed by atoms with van der Waals surface area (Å²) in [5.41, 5.74) is 0. The van der Waals surface area contributed by atoms with E-state index in [2.05, 4.69) is 25.5 Å². The quantitative estimate of drug-likeness (QED) is 0.422. The number of hydrogen-bond acceptors (Lipinski definition) is 3. The van der Waals surface area contributed by atoms with Crippen molar-refractivity contribution in [2.75, 3.05) is 7.11 Å². The number of methoxy groups -OCH3 is 1. The molecule has 0 aromatic carbocycles. The third-order valence-corrected chi connectivity index (χ3v) is 6.66. The number of ether oxygens (including phenoxy) is 1. The van der Waals surface area contributed by atoms with Gasteiger partial charge in [-0.05, 0) is 0 Å². The Morgan fingerprint density at radius 2 is 2.05 bits per heavy atom. The molecule has 0 saturated heterocycles. The van der Waals surface area contributed by atoms with Crippen LogP contribution >= 0.6 is 0 Å². The Bertz CT molecular complexity index is 363. The maximum atomic E-state index is 12.1. The van der Waals surface area contributed by atoms with Gasteiger partial charge in [-0.15, -0.1) is 0 Å². The van der Waals surface area contributed by atoms with E-state index in [1.807, 2.05) is 0 Å². The van der Waals surface area contributed by atoms with Crippen LogP contribution in [0.1, 0.15) is 46.5 Å². The minimum absolute atomic E-state index is 0.0318. The number of carbonyl (C=O) groups excluding carboxylic acids is 2. The standard InChI is InChI=1S/C16H26O3Se/c1-11(2)13-9-8-12(3)10-14(13)20-16(18)7-5-6-15(17)19-4/h5-6,11-14H,7-10H2,1-4H3/b6-5+/t12-,13+,14-/m1/s1. The monoisotopic (exact) mass is 346 g/mol. The van der Waals surface area contributed by atoms with Crippen molar-refractivity contribution in [3.05, 3.63) is 12.2 Å². The van der Waals surface area contributed by atoms with Crippen molar-refractivity contribution in [3.8, 4) is 0 Å². The summed E-state index contributed by atoms with van der Waals surface area (Å²) in [7, 11) is 1.34. The zero-order chi connectivity index (χ0) is 15.1. The van der Waals surface area contributed by atoms with E-state index in [4.69, 9.17) is 0 Å². The Balaban J connectivity index is 2.49. The van der Waals surface area contributed by atoms with E-state index >= 15 is 0 Å². The average molecular weight is 345 g/mol. The van der Waals surface area contributed by atoms with Crippen molar-refractivity contribution in [1.82, 2.24) is 0 Å². The van der Waals surface area contributed by atoms with Gasteiger partial charge in [-0.3, -0.25) is 0 Å². The molecule has 0 bridgehead atoms. The first-order valence-electron chi connectivity index (χ1n) is 7.38. The molecule has 0 unspecified atom stereocenters. The number of hydrogen-bond donors (Lipinski definition) is 0.